The minimum atomic E-state index is -0.116. The molecule has 2 heterocycles. The van der Waals surface area contributed by atoms with Crippen molar-refractivity contribution in [3.8, 4) is 5.75 Å². The zero-order valence-electron chi connectivity index (χ0n) is 9.65. The highest BCUT2D eigenvalue weighted by Gasteiger charge is 2.19. The lowest BCUT2D eigenvalue weighted by molar-refractivity contribution is -0.118. The fourth-order valence-corrected chi connectivity index (χ4v) is 4.03. The van der Waals surface area contributed by atoms with Crippen molar-refractivity contribution in [3.63, 3.8) is 0 Å². The molecule has 1 aliphatic heterocycles. The summed E-state index contributed by atoms with van der Waals surface area (Å²) in [6, 6.07) is 9.93. The minimum absolute atomic E-state index is 0.0853. The number of carbonyl (C=O) groups excluding carboxylic acids is 1. The number of anilines is 1. The molecule has 0 saturated carbocycles. The van der Waals surface area contributed by atoms with Crippen molar-refractivity contribution >= 4 is 54.8 Å². The predicted octanol–water partition coefficient (Wildman–Crippen LogP) is 4.33. The lowest BCUT2D eigenvalue weighted by Gasteiger charge is -2.19. The standard InChI is InChI=1S/C13H9Br2NO2S/c14-11-4-3-10(19-11)13(15)7-1-2-9-8(5-7)16-12(17)6-18-9/h1-5,13H,6H2,(H,16,17). The first-order chi connectivity index (χ1) is 9.13. The molecule has 3 rings (SSSR count). The van der Waals surface area contributed by atoms with Crippen molar-refractivity contribution in [1.29, 1.82) is 0 Å². The van der Waals surface area contributed by atoms with Crippen LogP contribution >= 0.6 is 43.2 Å². The number of hydrogen-bond donors (Lipinski definition) is 1. The van der Waals surface area contributed by atoms with Crippen molar-refractivity contribution in [2.75, 3.05) is 11.9 Å². The number of fused-ring (bicyclic) bond motifs is 1. The van der Waals surface area contributed by atoms with E-state index in [-0.39, 0.29) is 17.3 Å². The molecule has 0 radical (unpaired) electrons. The smallest absolute Gasteiger partial charge is 0.262 e. The van der Waals surface area contributed by atoms with E-state index < -0.39 is 0 Å². The Bertz CT molecular complexity index is 641. The third-order valence-corrected chi connectivity index (χ3v) is 5.79. The van der Waals surface area contributed by atoms with E-state index in [1.54, 1.807) is 11.3 Å². The van der Waals surface area contributed by atoms with Crippen LogP contribution in [0.1, 0.15) is 15.3 Å². The largest absolute Gasteiger partial charge is 0.482 e. The first-order valence-electron chi connectivity index (χ1n) is 5.59. The summed E-state index contributed by atoms with van der Waals surface area (Å²) in [5, 5.41) is 2.82. The molecule has 1 unspecified atom stereocenters. The summed E-state index contributed by atoms with van der Waals surface area (Å²) in [6.07, 6.45) is 0. The molecule has 2 aromatic rings. The topological polar surface area (TPSA) is 38.3 Å². The summed E-state index contributed by atoms with van der Waals surface area (Å²) in [6.45, 7) is 0.0853. The van der Waals surface area contributed by atoms with E-state index in [2.05, 4.69) is 43.2 Å². The van der Waals surface area contributed by atoms with Crippen molar-refractivity contribution in [3.05, 3.63) is 44.6 Å². The third-order valence-electron chi connectivity index (χ3n) is 2.77. The van der Waals surface area contributed by atoms with Crippen molar-refractivity contribution in [2.45, 2.75) is 4.83 Å². The van der Waals surface area contributed by atoms with E-state index in [4.69, 9.17) is 4.74 Å². The van der Waals surface area contributed by atoms with Gasteiger partial charge in [0.2, 0.25) is 0 Å². The Morgan fingerprint density at radius 1 is 1.32 bits per heavy atom. The van der Waals surface area contributed by atoms with Crippen LogP contribution in [0, 0.1) is 0 Å². The fourth-order valence-electron chi connectivity index (χ4n) is 1.89. The van der Waals surface area contributed by atoms with Gasteiger partial charge in [-0.3, -0.25) is 4.79 Å². The number of rotatable bonds is 2. The Morgan fingerprint density at radius 2 is 2.16 bits per heavy atom. The summed E-state index contributed by atoms with van der Waals surface area (Å²) < 4.78 is 6.45. The molecule has 3 nitrogen and oxygen atoms in total. The van der Waals surface area contributed by atoms with Crippen LogP contribution in [0.25, 0.3) is 0 Å². The summed E-state index contributed by atoms with van der Waals surface area (Å²) in [5.74, 6) is 0.602. The molecule has 0 saturated heterocycles. The number of ether oxygens (including phenoxy) is 1. The summed E-state index contributed by atoms with van der Waals surface area (Å²) in [7, 11) is 0. The van der Waals surface area contributed by atoms with Gasteiger partial charge in [-0.2, -0.15) is 0 Å². The number of thiophene rings is 1. The lowest BCUT2D eigenvalue weighted by atomic mass is 10.1. The molecular formula is C13H9Br2NO2S. The van der Waals surface area contributed by atoms with E-state index in [0.29, 0.717) is 0 Å². The lowest BCUT2D eigenvalue weighted by Crippen LogP contribution is -2.25. The molecular weight excluding hydrogens is 394 g/mol. The summed E-state index contributed by atoms with van der Waals surface area (Å²) >= 11 is 8.83. The van der Waals surface area contributed by atoms with Crippen LogP contribution < -0.4 is 10.1 Å². The maximum absolute atomic E-state index is 11.3. The van der Waals surface area contributed by atoms with Gasteiger partial charge in [0.25, 0.3) is 5.91 Å². The summed E-state index contributed by atoms with van der Waals surface area (Å²) in [4.78, 5) is 12.6. The zero-order chi connectivity index (χ0) is 13.4. The average Bonchev–Trinajstić information content (AvgIpc) is 2.83. The molecule has 1 amide bonds. The van der Waals surface area contributed by atoms with E-state index in [1.807, 2.05) is 24.3 Å². The van der Waals surface area contributed by atoms with Gasteiger partial charge in [-0.1, -0.05) is 22.0 Å². The molecule has 1 aromatic carbocycles. The van der Waals surface area contributed by atoms with Crippen LogP contribution in [0.15, 0.2) is 34.1 Å². The highest BCUT2D eigenvalue weighted by atomic mass is 79.9. The number of amides is 1. The van der Waals surface area contributed by atoms with Gasteiger partial charge in [-0.05, 0) is 45.8 Å². The van der Waals surface area contributed by atoms with Crippen molar-refractivity contribution < 1.29 is 9.53 Å². The SMILES string of the molecule is O=C1COc2ccc(C(Br)c3ccc(Br)s3)cc2N1. The van der Waals surface area contributed by atoms with Crippen LogP contribution in [0.3, 0.4) is 0 Å². The molecule has 1 N–H and O–H groups in total. The quantitative estimate of drug-likeness (QED) is 0.759. The van der Waals surface area contributed by atoms with Gasteiger partial charge in [0.1, 0.15) is 5.75 Å². The van der Waals surface area contributed by atoms with Gasteiger partial charge in [0.05, 0.1) is 14.3 Å². The first-order valence-corrected chi connectivity index (χ1v) is 8.12. The van der Waals surface area contributed by atoms with Crippen molar-refractivity contribution in [2.24, 2.45) is 0 Å². The van der Waals surface area contributed by atoms with Crippen LogP contribution in [-0.4, -0.2) is 12.5 Å². The second-order valence-corrected chi connectivity index (χ2v) is 7.51. The van der Waals surface area contributed by atoms with E-state index in [0.717, 1.165) is 20.8 Å². The van der Waals surface area contributed by atoms with Crippen LogP contribution in [0.5, 0.6) is 5.75 Å². The number of nitrogens with one attached hydrogen (secondary N) is 1. The van der Waals surface area contributed by atoms with Gasteiger partial charge in [-0.25, -0.2) is 0 Å². The number of alkyl halides is 1. The highest BCUT2D eigenvalue weighted by molar-refractivity contribution is 9.11. The zero-order valence-corrected chi connectivity index (χ0v) is 13.6. The predicted molar refractivity (Wildman–Crippen MR) is 83.4 cm³/mol. The molecule has 98 valence electrons. The van der Waals surface area contributed by atoms with Gasteiger partial charge in [0, 0.05) is 4.88 Å². The molecule has 0 bridgehead atoms. The second kappa shape index (κ2) is 5.26. The molecule has 1 atom stereocenters. The third kappa shape index (κ3) is 2.70. The number of hydrogen-bond acceptors (Lipinski definition) is 3. The Hall–Kier alpha value is -0.850. The van der Waals surface area contributed by atoms with E-state index >= 15 is 0 Å². The van der Waals surface area contributed by atoms with Gasteiger partial charge in [-0.15, -0.1) is 11.3 Å². The maximum atomic E-state index is 11.3. The van der Waals surface area contributed by atoms with Crippen LogP contribution in [-0.2, 0) is 4.79 Å². The van der Waals surface area contributed by atoms with E-state index in [9.17, 15) is 4.79 Å². The summed E-state index contributed by atoms with van der Waals surface area (Å²) in [5.41, 5.74) is 1.81. The van der Waals surface area contributed by atoms with Gasteiger partial charge < -0.3 is 10.1 Å². The van der Waals surface area contributed by atoms with E-state index in [1.165, 1.54) is 4.88 Å². The Labute approximate surface area is 131 Å². The fraction of sp³-hybridized carbons (Fsp3) is 0.154. The van der Waals surface area contributed by atoms with Gasteiger partial charge >= 0.3 is 0 Å². The molecule has 0 fully saturated rings. The van der Waals surface area contributed by atoms with Crippen LogP contribution in [0.4, 0.5) is 5.69 Å². The molecule has 1 aromatic heterocycles. The Morgan fingerprint density at radius 3 is 2.89 bits per heavy atom. The van der Waals surface area contributed by atoms with Crippen molar-refractivity contribution in [1.82, 2.24) is 0 Å². The maximum Gasteiger partial charge on any atom is 0.262 e. The van der Waals surface area contributed by atoms with Crippen LogP contribution in [0.2, 0.25) is 0 Å². The minimum Gasteiger partial charge on any atom is -0.482 e. The Kier molecular flexibility index (Phi) is 3.64. The first kappa shape index (κ1) is 13.1. The number of benzene rings is 1. The molecule has 0 spiro atoms. The van der Waals surface area contributed by atoms with Gasteiger partial charge in [0.15, 0.2) is 6.61 Å². The molecule has 6 heteroatoms. The monoisotopic (exact) mass is 401 g/mol. The average molecular weight is 403 g/mol. The molecule has 1 aliphatic rings. The highest BCUT2D eigenvalue weighted by Crippen LogP contribution is 2.39. The normalized spacial score (nSPS) is 15.4. The molecule has 19 heavy (non-hydrogen) atoms. The number of carbonyl (C=O) groups is 1. The second-order valence-electron chi connectivity index (χ2n) is 4.10. The Balaban J connectivity index is 1.93. The molecule has 0 aliphatic carbocycles. The number of halogens is 2.